The van der Waals surface area contributed by atoms with E-state index in [4.69, 9.17) is 10.8 Å². The van der Waals surface area contributed by atoms with Gasteiger partial charge < -0.3 is 42.0 Å². The molecule has 1 aromatic carbocycles. The fourth-order valence-corrected chi connectivity index (χ4v) is 3.18. The summed E-state index contributed by atoms with van der Waals surface area (Å²) < 4.78 is 0. The van der Waals surface area contributed by atoms with Gasteiger partial charge in [0.15, 0.2) is 0 Å². The molecular weight excluding hydrogens is 476 g/mol. The van der Waals surface area contributed by atoms with E-state index in [1.165, 1.54) is 12.5 Å². The first-order valence-electron chi connectivity index (χ1n) is 10.8. The summed E-state index contributed by atoms with van der Waals surface area (Å²) in [6.07, 6.45) is 1.85. The minimum atomic E-state index is -1.62. The van der Waals surface area contributed by atoms with Crippen molar-refractivity contribution in [1.29, 1.82) is 0 Å². The van der Waals surface area contributed by atoms with Gasteiger partial charge in [-0.15, -0.1) is 0 Å². The van der Waals surface area contributed by atoms with Crippen LogP contribution in [0.3, 0.4) is 0 Å². The van der Waals surface area contributed by atoms with Gasteiger partial charge >= 0.3 is 11.9 Å². The minimum Gasteiger partial charge on any atom is -0.481 e. The molecule has 0 aliphatic carbocycles. The van der Waals surface area contributed by atoms with E-state index in [9.17, 15) is 34.2 Å². The highest BCUT2D eigenvalue weighted by Gasteiger charge is 2.31. The Labute approximate surface area is 205 Å². The number of aromatic amines is 1. The van der Waals surface area contributed by atoms with E-state index in [1.54, 1.807) is 30.3 Å². The number of nitrogens with one attached hydrogen (secondary N) is 4. The van der Waals surface area contributed by atoms with Crippen molar-refractivity contribution in [3.05, 3.63) is 54.1 Å². The van der Waals surface area contributed by atoms with Crippen LogP contribution in [0.4, 0.5) is 0 Å². The number of rotatable bonds is 14. The number of amides is 3. The highest BCUT2D eigenvalue weighted by atomic mass is 16.4. The molecule has 2 rings (SSSR count). The van der Waals surface area contributed by atoms with Crippen LogP contribution in [0.1, 0.15) is 17.7 Å². The number of H-pyrrole nitrogens is 1. The van der Waals surface area contributed by atoms with Gasteiger partial charge in [0.1, 0.15) is 18.1 Å². The molecule has 0 fully saturated rings. The van der Waals surface area contributed by atoms with Gasteiger partial charge in [-0.3, -0.25) is 19.2 Å². The number of carbonyl (C=O) groups excluding carboxylic acids is 3. The molecule has 4 unspecified atom stereocenters. The van der Waals surface area contributed by atoms with Crippen LogP contribution < -0.4 is 21.7 Å². The maximum atomic E-state index is 12.7. The number of aliphatic carboxylic acids is 2. The van der Waals surface area contributed by atoms with E-state index in [0.717, 1.165) is 5.56 Å². The molecule has 4 atom stereocenters. The smallest absolute Gasteiger partial charge is 0.326 e. The SMILES string of the molecule is NC(Cc1ccccc1)C(=O)NC(CC(=O)O)C(=O)NC(CO)C(=O)NC(Cc1cnc[nH]1)C(=O)O. The lowest BCUT2D eigenvalue weighted by Gasteiger charge is -2.23. The number of nitrogens with zero attached hydrogens (tertiary/aromatic N) is 1. The number of nitrogens with two attached hydrogens (primary N) is 1. The Hall–Kier alpha value is -4.30. The molecule has 14 heteroatoms. The van der Waals surface area contributed by atoms with E-state index in [0.29, 0.717) is 5.69 Å². The van der Waals surface area contributed by atoms with Crippen LogP contribution in [0.25, 0.3) is 0 Å². The summed E-state index contributed by atoms with van der Waals surface area (Å²) in [5.74, 6) is -5.69. The van der Waals surface area contributed by atoms with Crippen molar-refractivity contribution in [2.24, 2.45) is 5.73 Å². The third-order valence-electron chi connectivity index (χ3n) is 5.06. The normalized spacial score (nSPS) is 14.1. The second-order valence-electron chi connectivity index (χ2n) is 7.88. The van der Waals surface area contributed by atoms with E-state index in [2.05, 4.69) is 25.9 Å². The summed E-state index contributed by atoms with van der Waals surface area (Å²) in [6, 6.07) is 3.06. The molecule has 2 aromatic rings. The summed E-state index contributed by atoms with van der Waals surface area (Å²) in [5, 5.41) is 34.7. The standard InChI is InChI=1S/C22H28N6O8/c23-14(6-12-4-2-1-3-5-12)19(32)26-15(8-18(30)31)20(33)28-17(10-29)21(34)27-16(22(35)36)7-13-9-24-11-25-13/h1-5,9,11,14-17,29H,6-8,10,23H2,(H,24,25)(H,26,32)(H,27,34)(H,28,33)(H,30,31)(H,35,36). The molecule has 14 nitrogen and oxygen atoms in total. The molecule has 0 saturated carbocycles. The van der Waals surface area contributed by atoms with Crippen LogP contribution in [0.15, 0.2) is 42.9 Å². The third-order valence-corrected chi connectivity index (χ3v) is 5.06. The molecular formula is C22H28N6O8. The molecule has 0 aliphatic rings. The monoisotopic (exact) mass is 504 g/mol. The van der Waals surface area contributed by atoms with Crippen LogP contribution in [0.2, 0.25) is 0 Å². The average Bonchev–Trinajstić information content (AvgIpc) is 3.34. The first-order chi connectivity index (χ1) is 17.1. The van der Waals surface area contributed by atoms with Gasteiger partial charge in [-0.1, -0.05) is 30.3 Å². The Balaban J connectivity index is 2.03. The summed E-state index contributed by atoms with van der Waals surface area (Å²) in [5.41, 5.74) is 7.05. The summed E-state index contributed by atoms with van der Waals surface area (Å²) in [7, 11) is 0. The molecule has 0 saturated heterocycles. The maximum absolute atomic E-state index is 12.7. The zero-order valence-electron chi connectivity index (χ0n) is 19.1. The number of imidazole rings is 1. The first-order valence-corrected chi connectivity index (χ1v) is 10.8. The predicted octanol–water partition coefficient (Wildman–Crippen LogP) is -2.47. The summed E-state index contributed by atoms with van der Waals surface area (Å²) in [6.45, 7) is -0.921. The molecule has 1 heterocycles. The van der Waals surface area contributed by atoms with E-state index >= 15 is 0 Å². The first kappa shape index (κ1) is 27.9. The van der Waals surface area contributed by atoms with Gasteiger partial charge in [-0.25, -0.2) is 9.78 Å². The Morgan fingerprint density at radius 1 is 0.889 bits per heavy atom. The number of aliphatic hydroxyl groups excluding tert-OH is 1. The molecule has 9 N–H and O–H groups in total. The van der Waals surface area contributed by atoms with Gasteiger partial charge in [-0.05, 0) is 12.0 Å². The lowest BCUT2D eigenvalue weighted by Crippen LogP contribution is -2.58. The van der Waals surface area contributed by atoms with Gasteiger partial charge in [-0.2, -0.15) is 0 Å². The highest BCUT2D eigenvalue weighted by molar-refractivity contribution is 5.95. The Bertz CT molecular complexity index is 1050. The number of carboxylic acids is 2. The average molecular weight is 505 g/mol. The number of carbonyl (C=O) groups is 5. The quantitative estimate of drug-likeness (QED) is 0.135. The van der Waals surface area contributed by atoms with Crippen LogP contribution in [-0.4, -0.2) is 85.7 Å². The number of aromatic nitrogens is 2. The molecule has 194 valence electrons. The van der Waals surface area contributed by atoms with Crippen molar-refractivity contribution in [3.63, 3.8) is 0 Å². The predicted molar refractivity (Wildman–Crippen MR) is 123 cm³/mol. The molecule has 36 heavy (non-hydrogen) atoms. The minimum absolute atomic E-state index is 0.128. The van der Waals surface area contributed by atoms with Crippen LogP contribution in [-0.2, 0) is 36.8 Å². The van der Waals surface area contributed by atoms with Crippen molar-refractivity contribution >= 4 is 29.7 Å². The van der Waals surface area contributed by atoms with Crippen LogP contribution in [0, 0.1) is 0 Å². The van der Waals surface area contributed by atoms with Crippen molar-refractivity contribution < 1.29 is 39.3 Å². The molecule has 0 radical (unpaired) electrons. The third kappa shape index (κ3) is 8.81. The van der Waals surface area contributed by atoms with Crippen molar-refractivity contribution in [3.8, 4) is 0 Å². The van der Waals surface area contributed by atoms with Gasteiger partial charge in [0, 0.05) is 18.3 Å². The van der Waals surface area contributed by atoms with Crippen molar-refractivity contribution in [2.75, 3.05) is 6.61 Å². The largest absolute Gasteiger partial charge is 0.481 e. The number of aliphatic hydroxyl groups is 1. The Morgan fingerprint density at radius 3 is 2.06 bits per heavy atom. The van der Waals surface area contributed by atoms with Gasteiger partial charge in [0.05, 0.1) is 25.4 Å². The number of hydrogen-bond donors (Lipinski definition) is 8. The molecule has 0 bridgehead atoms. The van der Waals surface area contributed by atoms with Crippen LogP contribution >= 0.6 is 0 Å². The maximum Gasteiger partial charge on any atom is 0.326 e. The fraction of sp³-hybridized carbons (Fsp3) is 0.364. The molecule has 3 amide bonds. The van der Waals surface area contributed by atoms with E-state index in [-0.39, 0.29) is 12.8 Å². The number of hydrogen-bond acceptors (Lipinski definition) is 8. The van der Waals surface area contributed by atoms with E-state index < -0.39 is 66.9 Å². The number of benzene rings is 1. The molecule has 0 spiro atoms. The topological polar surface area (TPSA) is 237 Å². The number of carboxylic acid groups (broad SMARTS) is 2. The molecule has 1 aromatic heterocycles. The van der Waals surface area contributed by atoms with Gasteiger partial charge in [0.2, 0.25) is 17.7 Å². The fourth-order valence-electron chi connectivity index (χ4n) is 3.18. The summed E-state index contributed by atoms with van der Waals surface area (Å²) >= 11 is 0. The Morgan fingerprint density at radius 2 is 1.50 bits per heavy atom. The zero-order chi connectivity index (χ0) is 26.7. The lowest BCUT2D eigenvalue weighted by molar-refractivity contribution is -0.143. The highest BCUT2D eigenvalue weighted by Crippen LogP contribution is 2.04. The Kier molecular flexibility index (Phi) is 10.5. The van der Waals surface area contributed by atoms with Crippen molar-refractivity contribution in [2.45, 2.75) is 43.4 Å². The summed E-state index contributed by atoms with van der Waals surface area (Å²) in [4.78, 5) is 66.9. The second-order valence-corrected chi connectivity index (χ2v) is 7.88. The van der Waals surface area contributed by atoms with E-state index in [1.807, 2.05) is 0 Å². The molecule has 0 aliphatic heterocycles. The van der Waals surface area contributed by atoms with Crippen molar-refractivity contribution in [1.82, 2.24) is 25.9 Å². The van der Waals surface area contributed by atoms with Crippen LogP contribution in [0.5, 0.6) is 0 Å². The van der Waals surface area contributed by atoms with Gasteiger partial charge in [0.25, 0.3) is 0 Å². The zero-order valence-corrected chi connectivity index (χ0v) is 19.1. The second kappa shape index (κ2) is 13.6. The lowest BCUT2D eigenvalue weighted by atomic mass is 10.1.